The predicted molar refractivity (Wildman–Crippen MR) is 65.3 cm³/mol. The number of esters is 1. The Kier molecular flexibility index (Phi) is 3.01. The van der Waals surface area contributed by atoms with E-state index in [2.05, 4.69) is 4.74 Å². The number of nitro benzene ring substituents is 1. The average molecular weight is 248 g/mol. The molecular weight excluding hydrogens is 236 g/mol. The zero-order chi connectivity index (χ0) is 13.3. The van der Waals surface area contributed by atoms with Gasteiger partial charge in [0.05, 0.1) is 12.0 Å². The number of rotatable bonds is 3. The van der Waals surface area contributed by atoms with Crippen LogP contribution in [0, 0.1) is 10.1 Å². The summed E-state index contributed by atoms with van der Waals surface area (Å²) in [6.07, 6.45) is 1.65. The molecule has 2 aromatic rings. The number of hydrogen-bond donors (Lipinski definition) is 0. The number of methoxy groups -OCH3 is 1. The molecule has 6 heteroatoms. The van der Waals surface area contributed by atoms with Crippen molar-refractivity contribution >= 4 is 22.6 Å². The van der Waals surface area contributed by atoms with Gasteiger partial charge in [0.2, 0.25) is 0 Å². The molecule has 0 radical (unpaired) electrons. The second kappa shape index (κ2) is 4.48. The molecule has 0 bridgehead atoms. The van der Waals surface area contributed by atoms with Gasteiger partial charge < -0.3 is 9.30 Å². The lowest BCUT2D eigenvalue weighted by Gasteiger charge is -2.12. The summed E-state index contributed by atoms with van der Waals surface area (Å²) in [6.45, 7) is 1.64. The van der Waals surface area contributed by atoms with Crippen LogP contribution in [0.25, 0.3) is 10.9 Å². The lowest BCUT2D eigenvalue weighted by Crippen LogP contribution is -2.17. The van der Waals surface area contributed by atoms with Crippen molar-refractivity contribution in [2.45, 2.75) is 13.0 Å². The number of ether oxygens (including phenoxy) is 1. The van der Waals surface area contributed by atoms with Crippen LogP contribution in [0.5, 0.6) is 0 Å². The Balaban J connectivity index is 2.65. The number of carbonyl (C=O) groups is 1. The third-order valence-electron chi connectivity index (χ3n) is 2.88. The van der Waals surface area contributed by atoms with Crippen LogP contribution in [0.4, 0.5) is 5.69 Å². The van der Waals surface area contributed by atoms with Crippen LogP contribution < -0.4 is 0 Å². The topological polar surface area (TPSA) is 74.4 Å². The van der Waals surface area contributed by atoms with Crippen molar-refractivity contribution in [1.29, 1.82) is 0 Å². The van der Waals surface area contributed by atoms with Crippen LogP contribution in [0.2, 0.25) is 0 Å². The van der Waals surface area contributed by atoms with E-state index >= 15 is 0 Å². The van der Waals surface area contributed by atoms with E-state index < -0.39 is 16.9 Å². The molecule has 0 spiro atoms. The summed E-state index contributed by atoms with van der Waals surface area (Å²) in [5, 5.41) is 11.7. The van der Waals surface area contributed by atoms with Gasteiger partial charge in [-0.2, -0.15) is 0 Å². The van der Waals surface area contributed by atoms with Gasteiger partial charge in [0.15, 0.2) is 0 Å². The maximum Gasteiger partial charge on any atom is 0.328 e. The largest absolute Gasteiger partial charge is 0.467 e. The smallest absolute Gasteiger partial charge is 0.328 e. The Morgan fingerprint density at radius 1 is 1.44 bits per heavy atom. The number of fused-ring (bicyclic) bond motifs is 1. The molecule has 2 rings (SSSR count). The first-order chi connectivity index (χ1) is 8.56. The predicted octanol–water partition coefficient (Wildman–Crippen LogP) is 2.28. The van der Waals surface area contributed by atoms with Gasteiger partial charge in [-0.05, 0) is 13.0 Å². The summed E-state index contributed by atoms with van der Waals surface area (Å²) in [5.41, 5.74) is 0.411. The zero-order valence-electron chi connectivity index (χ0n) is 9.99. The maximum absolute atomic E-state index is 11.5. The van der Waals surface area contributed by atoms with Crippen molar-refractivity contribution in [3.8, 4) is 0 Å². The van der Waals surface area contributed by atoms with E-state index in [1.54, 1.807) is 35.9 Å². The first-order valence-electron chi connectivity index (χ1n) is 5.38. The lowest BCUT2D eigenvalue weighted by atomic mass is 10.2. The van der Waals surface area contributed by atoms with E-state index in [0.29, 0.717) is 5.52 Å². The van der Waals surface area contributed by atoms with Crippen molar-refractivity contribution in [3.05, 3.63) is 40.6 Å². The molecule has 0 saturated carbocycles. The number of carbonyl (C=O) groups excluding carboxylic acids is 1. The summed E-state index contributed by atoms with van der Waals surface area (Å²) in [7, 11) is 1.29. The number of benzene rings is 1. The van der Waals surface area contributed by atoms with E-state index in [-0.39, 0.29) is 5.69 Å². The van der Waals surface area contributed by atoms with Crippen LogP contribution in [-0.2, 0) is 9.53 Å². The molecule has 1 aromatic carbocycles. The highest BCUT2D eigenvalue weighted by Gasteiger charge is 2.22. The minimum Gasteiger partial charge on any atom is -0.467 e. The number of hydrogen-bond acceptors (Lipinski definition) is 4. The number of nitro groups is 1. The zero-order valence-corrected chi connectivity index (χ0v) is 9.99. The van der Waals surface area contributed by atoms with Crippen LogP contribution in [0.15, 0.2) is 30.5 Å². The lowest BCUT2D eigenvalue weighted by molar-refractivity contribution is -0.383. The first-order valence-corrected chi connectivity index (χ1v) is 5.38. The minimum atomic E-state index is -0.603. The fraction of sp³-hybridized carbons (Fsp3) is 0.250. The van der Waals surface area contributed by atoms with Crippen LogP contribution >= 0.6 is 0 Å². The first kappa shape index (κ1) is 12.1. The average Bonchev–Trinajstić information content (AvgIpc) is 2.80. The van der Waals surface area contributed by atoms with Crippen LogP contribution in [0.3, 0.4) is 0 Å². The number of para-hydroxylation sites is 1. The normalized spacial score (nSPS) is 12.3. The Morgan fingerprint density at radius 2 is 2.17 bits per heavy atom. The van der Waals surface area contributed by atoms with Gasteiger partial charge in [-0.15, -0.1) is 0 Å². The van der Waals surface area contributed by atoms with Gasteiger partial charge >= 0.3 is 5.97 Å². The number of nitrogens with zero attached hydrogens (tertiary/aromatic N) is 2. The van der Waals surface area contributed by atoms with Gasteiger partial charge in [0.25, 0.3) is 5.69 Å². The summed E-state index contributed by atoms with van der Waals surface area (Å²) >= 11 is 0. The van der Waals surface area contributed by atoms with E-state index in [0.717, 1.165) is 5.39 Å². The van der Waals surface area contributed by atoms with Crippen molar-refractivity contribution in [3.63, 3.8) is 0 Å². The summed E-state index contributed by atoms with van der Waals surface area (Å²) in [5.74, 6) is -0.439. The highest BCUT2D eigenvalue weighted by molar-refractivity contribution is 5.90. The van der Waals surface area contributed by atoms with Gasteiger partial charge in [0.1, 0.15) is 11.6 Å². The molecule has 94 valence electrons. The summed E-state index contributed by atoms with van der Waals surface area (Å²) < 4.78 is 6.21. The molecule has 0 saturated heterocycles. The summed E-state index contributed by atoms with van der Waals surface area (Å²) in [6, 6.07) is 5.94. The Hall–Kier alpha value is -2.37. The fourth-order valence-electron chi connectivity index (χ4n) is 1.95. The third-order valence-corrected chi connectivity index (χ3v) is 2.88. The molecule has 0 aliphatic rings. The Bertz CT molecular complexity index is 618. The molecule has 1 heterocycles. The van der Waals surface area contributed by atoms with Crippen LogP contribution in [0.1, 0.15) is 13.0 Å². The second-order valence-electron chi connectivity index (χ2n) is 3.89. The Labute approximate surface area is 103 Å². The third kappa shape index (κ3) is 1.81. The molecule has 0 amide bonds. The highest BCUT2D eigenvalue weighted by Crippen LogP contribution is 2.29. The molecule has 18 heavy (non-hydrogen) atoms. The fourth-order valence-corrected chi connectivity index (χ4v) is 1.95. The standard InChI is InChI=1S/C12H12N2O4/c1-8(12(15)18-2)13-7-6-9-4-3-5-10(11(9)13)14(16)17/h3-8H,1-2H3/t8-/m1/s1. The molecule has 1 aromatic heterocycles. The molecule has 6 nitrogen and oxygen atoms in total. The van der Waals surface area contributed by atoms with Crippen molar-refractivity contribution in [2.24, 2.45) is 0 Å². The minimum absolute atomic E-state index is 0.0201. The molecule has 0 unspecified atom stereocenters. The molecule has 0 fully saturated rings. The van der Waals surface area contributed by atoms with Gasteiger partial charge in [0, 0.05) is 17.6 Å². The van der Waals surface area contributed by atoms with Gasteiger partial charge in [-0.1, -0.05) is 12.1 Å². The molecule has 0 N–H and O–H groups in total. The summed E-state index contributed by atoms with van der Waals surface area (Å²) in [4.78, 5) is 22.1. The van der Waals surface area contributed by atoms with Crippen molar-refractivity contribution in [2.75, 3.05) is 7.11 Å². The highest BCUT2D eigenvalue weighted by atomic mass is 16.6. The molecule has 0 aliphatic heterocycles. The van der Waals surface area contributed by atoms with E-state index in [1.165, 1.54) is 13.2 Å². The van der Waals surface area contributed by atoms with E-state index in [1.807, 2.05) is 0 Å². The number of non-ortho nitro benzene ring substituents is 1. The molecule has 1 atom stereocenters. The van der Waals surface area contributed by atoms with E-state index in [9.17, 15) is 14.9 Å². The van der Waals surface area contributed by atoms with Crippen molar-refractivity contribution in [1.82, 2.24) is 4.57 Å². The molecule has 0 aliphatic carbocycles. The Morgan fingerprint density at radius 3 is 2.78 bits per heavy atom. The molecular formula is C12H12N2O4. The number of aromatic nitrogens is 1. The van der Waals surface area contributed by atoms with E-state index in [4.69, 9.17) is 0 Å². The maximum atomic E-state index is 11.5. The SMILES string of the molecule is COC(=O)[C@@H](C)n1ccc2cccc([N+](=O)[O-])c21. The van der Waals surface area contributed by atoms with Crippen molar-refractivity contribution < 1.29 is 14.5 Å². The van der Waals surface area contributed by atoms with Gasteiger partial charge in [-0.3, -0.25) is 10.1 Å². The quantitative estimate of drug-likeness (QED) is 0.474. The monoisotopic (exact) mass is 248 g/mol. The second-order valence-corrected chi connectivity index (χ2v) is 3.89. The van der Waals surface area contributed by atoms with Crippen LogP contribution in [-0.4, -0.2) is 22.6 Å². The van der Waals surface area contributed by atoms with Gasteiger partial charge in [-0.25, -0.2) is 4.79 Å².